The zero-order chi connectivity index (χ0) is 51.1. The number of nitrogens with two attached hydrogens (primary N) is 1. The molecule has 2 saturated carbocycles. The average Bonchev–Trinajstić information content (AvgIpc) is 3.62. The Morgan fingerprint density at radius 2 is 1.79 bits per heavy atom. The van der Waals surface area contributed by atoms with Crippen LogP contribution in [0.5, 0.6) is 0 Å². The zero-order valence-electron chi connectivity index (χ0n) is 41.8. The summed E-state index contributed by atoms with van der Waals surface area (Å²) >= 11 is 0. The number of hydrogen-bond acceptors (Lipinski definition) is 11. The second-order valence-corrected chi connectivity index (χ2v) is 20.8. The van der Waals surface area contributed by atoms with Crippen molar-refractivity contribution in [2.75, 3.05) is 40.9 Å². The van der Waals surface area contributed by atoms with Crippen LogP contribution in [0.1, 0.15) is 108 Å². The van der Waals surface area contributed by atoms with Gasteiger partial charge in [0.15, 0.2) is 0 Å². The van der Waals surface area contributed by atoms with Crippen LogP contribution in [-0.2, 0) is 52.8 Å². The van der Waals surface area contributed by atoms with Gasteiger partial charge >= 0.3 is 5.97 Å². The minimum absolute atomic E-state index is 0.0382. The molecule has 1 unspecified atom stereocenters. The SMILES string of the molecule is CCn1c(-c2cccnc2[C@H](C)OC)c2c3cc(ccc31)-c1cc(cc(C(F)F)c1)C[C@H](NC(=O)[C@H](C1CCCC1)N(C)C(=O)CN(C)C(=O)C1(N)C[C@@H]1O)C(=O)N1CCC[C@H](N1)C(=O)OCC(C)(C)C2. The fourth-order valence-electron chi connectivity index (χ4n) is 10.9. The van der Waals surface area contributed by atoms with Crippen LogP contribution in [0, 0.1) is 11.3 Å². The fraction of sp³-hybridized carbons (Fsp3) is 0.547. The molecule has 4 aromatic rings. The third kappa shape index (κ3) is 10.6. The lowest BCUT2D eigenvalue weighted by atomic mass is 9.84. The highest BCUT2D eigenvalue weighted by Crippen LogP contribution is 2.43. The summed E-state index contributed by atoms with van der Waals surface area (Å²) < 4.78 is 44.2. The van der Waals surface area contributed by atoms with Crippen LogP contribution in [0.15, 0.2) is 54.7 Å². The first-order chi connectivity index (χ1) is 33.7. The van der Waals surface area contributed by atoms with Gasteiger partial charge in [-0.2, -0.15) is 0 Å². The van der Waals surface area contributed by atoms with Crippen LogP contribution in [-0.4, -0.2) is 130 Å². The van der Waals surface area contributed by atoms with Gasteiger partial charge in [-0.3, -0.25) is 34.0 Å². The number of likely N-dealkylation sites (N-methyl/N-ethyl adjacent to an activating group) is 2. The summed E-state index contributed by atoms with van der Waals surface area (Å²) in [7, 11) is 4.53. The number of pyridine rings is 1. The summed E-state index contributed by atoms with van der Waals surface area (Å²) in [6.45, 7) is 8.45. The molecule has 5 N–H and O–H groups in total. The monoisotopic (exact) mass is 983 g/mol. The second kappa shape index (κ2) is 20.7. The van der Waals surface area contributed by atoms with E-state index in [1.807, 2.05) is 51.1 Å². The van der Waals surface area contributed by atoms with E-state index in [-0.39, 0.29) is 43.6 Å². The molecule has 3 fully saturated rings. The van der Waals surface area contributed by atoms with Gasteiger partial charge in [-0.15, -0.1) is 0 Å². The van der Waals surface area contributed by atoms with Crippen molar-refractivity contribution in [1.29, 1.82) is 0 Å². The number of hydrogen-bond donors (Lipinski definition) is 4. The van der Waals surface area contributed by atoms with E-state index >= 15 is 8.78 Å². The van der Waals surface area contributed by atoms with Crippen molar-refractivity contribution in [2.45, 2.75) is 134 Å². The van der Waals surface area contributed by atoms with Crippen molar-refractivity contribution in [3.8, 4) is 22.4 Å². The maximum absolute atomic E-state index is 15.1. The number of aryl methyl sites for hydroxylation is 1. The van der Waals surface area contributed by atoms with E-state index in [2.05, 4.69) is 22.2 Å². The Morgan fingerprint density at radius 3 is 2.46 bits per heavy atom. The molecule has 2 aromatic carbocycles. The number of rotatable bonds is 12. The third-order valence-corrected chi connectivity index (χ3v) is 15.0. The number of carbonyl (C=O) groups is 5. The zero-order valence-corrected chi connectivity index (χ0v) is 41.8. The minimum atomic E-state index is -2.88. The van der Waals surface area contributed by atoms with Gasteiger partial charge in [0.05, 0.1) is 36.7 Å². The van der Waals surface area contributed by atoms with Crippen LogP contribution in [0.25, 0.3) is 33.3 Å². The van der Waals surface area contributed by atoms with Gasteiger partial charge < -0.3 is 40.0 Å². The number of alkyl halides is 2. The predicted molar refractivity (Wildman–Crippen MR) is 262 cm³/mol. The van der Waals surface area contributed by atoms with Gasteiger partial charge in [-0.05, 0) is 104 Å². The molecule has 4 heterocycles. The largest absolute Gasteiger partial charge is 0.464 e. The maximum atomic E-state index is 15.1. The normalized spacial score (nSPS) is 23.5. The molecule has 4 amide bonds. The molecular weight excluding hydrogens is 915 g/mol. The molecule has 1 saturated heterocycles. The molecule has 2 aromatic heterocycles. The lowest BCUT2D eigenvalue weighted by Crippen LogP contribution is -2.62. The molecular formula is C53H68F2N8O8. The number of aromatic nitrogens is 2. The number of nitrogens with one attached hydrogen (secondary N) is 2. The van der Waals surface area contributed by atoms with Gasteiger partial charge in [0.25, 0.3) is 12.3 Å². The number of aliphatic hydroxyl groups excluding tert-OH is 1. The van der Waals surface area contributed by atoms with E-state index in [1.54, 1.807) is 19.4 Å². The van der Waals surface area contributed by atoms with E-state index in [1.165, 1.54) is 36.1 Å². The van der Waals surface area contributed by atoms with Crippen LogP contribution < -0.4 is 16.5 Å². The number of aliphatic hydroxyl groups is 1. The van der Waals surface area contributed by atoms with Crippen molar-refractivity contribution < 1.29 is 47.3 Å². The minimum Gasteiger partial charge on any atom is -0.464 e. The maximum Gasteiger partial charge on any atom is 0.324 e. The topological polar surface area (TPSA) is 202 Å². The van der Waals surface area contributed by atoms with Crippen LogP contribution in [0.3, 0.4) is 0 Å². The molecule has 2 aliphatic carbocycles. The Morgan fingerprint density at radius 1 is 1.06 bits per heavy atom. The number of benzene rings is 2. The number of nitrogens with zero attached hydrogens (tertiary/aromatic N) is 5. The van der Waals surface area contributed by atoms with Crippen molar-refractivity contribution in [3.05, 3.63) is 77.1 Å². The summed E-state index contributed by atoms with van der Waals surface area (Å²) in [6.07, 6.45) is 1.50. The predicted octanol–water partition coefficient (Wildman–Crippen LogP) is 5.62. The third-order valence-electron chi connectivity index (χ3n) is 15.0. The number of cyclic esters (lactones) is 1. The number of carbonyl (C=O) groups excluding carboxylic acids is 5. The van der Waals surface area contributed by atoms with Gasteiger partial charge in [0, 0.05) is 80.8 Å². The molecule has 71 heavy (non-hydrogen) atoms. The fourth-order valence-corrected chi connectivity index (χ4v) is 10.9. The van der Waals surface area contributed by atoms with Gasteiger partial charge in [0.1, 0.15) is 23.7 Å². The number of methoxy groups -OCH3 is 1. The van der Waals surface area contributed by atoms with E-state index in [4.69, 9.17) is 20.2 Å². The number of fused-ring (bicyclic) bond motifs is 6. The Bertz CT molecular complexity index is 2690. The van der Waals surface area contributed by atoms with Crippen molar-refractivity contribution in [1.82, 2.24) is 35.1 Å². The lowest BCUT2D eigenvalue weighted by Gasteiger charge is -2.37. The quantitative estimate of drug-likeness (QED) is 0.128. The Hall–Kier alpha value is -5.82. The van der Waals surface area contributed by atoms with Gasteiger partial charge in [-0.25, -0.2) is 14.2 Å². The molecule has 8 rings (SSSR count). The average molecular weight is 983 g/mol. The van der Waals surface area contributed by atoms with Gasteiger partial charge in [0.2, 0.25) is 17.7 Å². The smallest absolute Gasteiger partial charge is 0.324 e. The summed E-state index contributed by atoms with van der Waals surface area (Å²) in [5, 5.41) is 15.1. The summed E-state index contributed by atoms with van der Waals surface area (Å²) in [5.41, 5.74) is 12.7. The van der Waals surface area contributed by atoms with Crippen LogP contribution in [0.4, 0.5) is 8.78 Å². The number of amides is 4. The molecule has 4 aliphatic rings. The first kappa shape index (κ1) is 51.5. The Labute approximate surface area is 413 Å². The standard InChI is InChI=1S/C53H68F2N8O8/c1-8-62-41-18-17-33-25-37(41)38(46(62)36-15-11-19-57-44(36)30(2)70-7)26-52(3,4)29-71-50(68)39-16-12-20-63(59-39)49(67)40(23-31-21-34(33)24-35(22-31)47(54)55)58-48(66)45(32-13-9-10-14-32)61(6)43(65)28-60(5)51(69)53(56)27-42(53)64/h11,15,17-19,21-22,24-25,30,32,39-40,42,45,47,59,64H,8-10,12-14,16,20,23,26-29,56H2,1-7H3,(H,58,66)/t30-,39-,40-,42-,45-,53?/m0/s1. The highest BCUT2D eigenvalue weighted by Gasteiger charge is 2.58. The lowest BCUT2D eigenvalue weighted by molar-refractivity contribution is -0.155. The van der Waals surface area contributed by atoms with Crippen molar-refractivity contribution in [3.63, 3.8) is 0 Å². The van der Waals surface area contributed by atoms with E-state index in [0.717, 1.165) is 51.2 Å². The molecule has 0 radical (unpaired) electrons. The van der Waals surface area contributed by atoms with E-state index in [0.29, 0.717) is 55.3 Å². The Balaban J connectivity index is 1.22. The summed E-state index contributed by atoms with van der Waals surface area (Å²) in [5.74, 6) is -3.20. The first-order valence-electron chi connectivity index (χ1n) is 24.8. The molecule has 6 bridgehead atoms. The highest BCUT2D eigenvalue weighted by atomic mass is 19.3. The number of esters is 1. The molecule has 2 aliphatic heterocycles. The highest BCUT2D eigenvalue weighted by molar-refractivity contribution is 5.97. The number of ether oxygens (including phenoxy) is 2. The molecule has 0 spiro atoms. The number of hydrazine groups is 1. The van der Waals surface area contributed by atoms with Crippen molar-refractivity contribution in [2.24, 2.45) is 17.1 Å². The Kier molecular flexibility index (Phi) is 15.0. The molecule has 6 atom stereocenters. The second-order valence-electron chi connectivity index (χ2n) is 20.8. The van der Waals surface area contributed by atoms with E-state index < -0.39 is 77.8 Å². The number of halogens is 2. The van der Waals surface area contributed by atoms with Gasteiger partial charge in [-0.1, -0.05) is 44.9 Å². The first-order valence-corrected chi connectivity index (χ1v) is 24.8. The summed E-state index contributed by atoms with van der Waals surface area (Å²) in [4.78, 5) is 77.9. The molecule has 16 nitrogen and oxygen atoms in total. The molecule has 18 heteroatoms. The van der Waals surface area contributed by atoms with Crippen molar-refractivity contribution >= 4 is 40.5 Å². The van der Waals surface area contributed by atoms with Crippen LogP contribution in [0.2, 0.25) is 0 Å². The summed E-state index contributed by atoms with van der Waals surface area (Å²) in [6, 6.07) is 11.1. The molecule has 382 valence electrons. The van der Waals surface area contributed by atoms with E-state index in [9.17, 15) is 29.1 Å². The van der Waals surface area contributed by atoms with Crippen LogP contribution >= 0.6 is 0 Å².